The first kappa shape index (κ1) is 15.8. The van der Waals surface area contributed by atoms with Gasteiger partial charge in [-0.05, 0) is 46.3 Å². The van der Waals surface area contributed by atoms with Crippen LogP contribution in [0.25, 0.3) is 0 Å². The molecule has 1 saturated heterocycles. The first-order chi connectivity index (χ1) is 9.99. The molecule has 2 heterocycles. The Balaban J connectivity index is 2.14. The van der Waals surface area contributed by atoms with Crippen molar-refractivity contribution in [2.45, 2.75) is 31.7 Å². The molecule has 0 aromatic carbocycles. The molecular weight excluding hydrogens is 276 g/mol. The molecule has 1 aliphatic rings. The van der Waals surface area contributed by atoms with Crippen LogP contribution in [0.15, 0.2) is 12.3 Å². The van der Waals surface area contributed by atoms with Gasteiger partial charge in [-0.25, -0.2) is 13.8 Å². The van der Waals surface area contributed by atoms with Gasteiger partial charge in [0.25, 0.3) is 5.91 Å². The number of carbonyl (C=O) groups is 1. The Morgan fingerprint density at radius 1 is 1.43 bits per heavy atom. The Labute approximate surface area is 123 Å². The number of nitrogens with zero attached hydrogens (tertiary/aromatic N) is 3. The predicted octanol–water partition coefficient (Wildman–Crippen LogP) is 2.31. The van der Waals surface area contributed by atoms with Crippen LogP contribution in [-0.2, 0) is 0 Å². The molecule has 21 heavy (non-hydrogen) atoms. The lowest BCUT2D eigenvalue weighted by molar-refractivity contribution is 0.0580. The summed E-state index contributed by atoms with van der Waals surface area (Å²) in [5.74, 6) is -2.10. The third-order valence-corrected chi connectivity index (χ3v) is 3.81. The van der Waals surface area contributed by atoms with Crippen molar-refractivity contribution < 1.29 is 13.6 Å². The summed E-state index contributed by atoms with van der Waals surface area (Å²) < 4.78 is 26.6. The van der Waals surface area contributed by atoms with Gasteiger partial charge in [0.05, 0.1) is 6.20 Å². The summed E-state index contributed by atoms with van der Waals surface area (Å²) in [5.41, 5.74) is -0.284. The Morgan fingerprint density at radius 3 is 2.86 bits per heavy atom. The second-order valence-corrected chi connectivity index (χ2v) is 5.72. The lowest BCUT2D eigenvalue weighted by Gasteiger charge is -2.36. The molecule has 1 aromatic rings. The van der Waals surface area contributed by atoms with Crippen molar-refractivity contribution in [1.29, 1.82) is 0 Å². The second-order valence-electron chi connectivity index (χ2n) is 5.72. The van der Waals surface area contributed by atoms with E-state index in [-0.39, 0.29) is 11.7 Å². The van der Waals surface area contributed by atoms with E-state index in [1.807, 2.05) is 14.1 Å². The monoisotopic (exact) mass is 297 g/mol. The zero-order valence-corrected chi connectivity index (χ0v) is 12.5. The number of pyridine rings is 1. The minimum atomic E-state index is -0.892. The van der Waals surface area contributed by atoms with Crippen LogP contribution in [0.4, 0.5) is 8.78 Å². The molecule has 1 aliphatic heterocycles. The van der Waals surface area contributed by atoms with Gasteiger partial charge in [-0.2, -0.15) is 0 Å². The van der Waals surface area contributed by atoms with Gasteiger partial charge in [-0.15, -0.1) is 0 Å². The lowest BCUT2D eigenvalue weighted by atomic mass is 9.98. The maximum Gasteiger partial charge on any atom is 0.275 e. The van der Waals surface area contributed by atoms with E-state index in [4.69, 9.17) is 0 Å². The molecule has 1 unspecified atom stereocenters. The molecule has 1 amide bonds. The Kier molecular flexibility index (Phi) is 5.22. The lowest BCUT2D eigenvalue weighted by Crippen LogP contribution is -2.45. The van der Waals surface area contributed by atoms with Crippen LogP contribution in [0.3, 0.4) is 0 Å². The van der Waals surface area contributed by atoms with E-state index in [1.54, 1.807) is 4.90 Å². The number of amides is 1. The Hall–Kier alpha value is -1.56. The number of hydrogen-bond donors (Lipinski definition) is 0. The molecule has 0 N–H and O–H groups in total. The van der Waals surface area contributed by atoms with E-state index in [9.17, 15) is 13.6 Å². The molecule has 1 fully saturated rings. The molecule has 2 rings (SSSR count). The number of aromatic nitrogens is 1. The van der Waals surface area contributed by atoms with Crippen molar-refractivity contribution in [3.05, 3.63) is 29.6 Å². The van der Waals surface area contributed by atoms with Gasteiger partial charge < -0.3 is 9.80 Å². The Bertz CT molecular complexity index is 508. The molecule has 0 radical (unpaired) electrons. The third-order valence-electron chi connectivity index (χ3n) is 3.81. The van der Waals surface area contributed by atoms with E-state index in [2.05, 4.69) is 9.88 Å². The van der Waals surface area contributed by atoms with Gasteiger partial charge >= 0.3 is 0 Å². The van der Waals surface area contributed by atoms with Gasteiger partial charge in [0.2, 0.25) is 0 Å². The van der Waals surface area contributed by atoms with Crippen LogP contribution in [0.1, 0.15) is 36.2 Å². The highest BCUT2D eigenvalue weighted by Crippen LogP contribution is 2.22. The molecule has 0 aliphatic carbocycles. The topological polar surface area (TPSA) is 36.4 Å². The van der Waals surface area contributed by atoms with Gasteiger partial charge in [0.1, 0.15) is 5.82 Å². The van der Waals surface area contributed by atoms with E-state index < -0.39 is 17.5 Å². The number of piperidine rings is 1. The van der Waals surface area contributed by atoms with E-state index in [0.717, 1.165) is 38.4 Å². The summed E-state index contributed by atoms with van der Waals surface area (Å²) in [5, 5.41) is 0. The quantitative estimate of drug-likeness (QED) is 0.855. The fourth-order valence-corrected chi connectivity index (χ4v) is 2.68. The van der Waals surface area contributed by atoms with Crippen molar-refractivity contribution in [2.24, 2.45) is 0 Å². The first-order valence-electron chi connectivity index (χ1n) is 7.26. The number of likely N-dealkylation sites (tertiary alicyclic amines) is 1. The van der Waals surface area contributed by atoms with Crippen molar-refractivity contribution in [1.82, 2.24) is 14.8 Å². The molecular formula is C15H21F2N3O. The van der Waals surface area contributed by atoms with Crippen molar-refractivity contribution in [3.8, 4) is 0 Å². The number of rotatable bonds is 4. The van der Waals surface area contributed by atoms with Crippen LogP contribution < -0.4 is 0 Å². The highest BCUT2D eigenvalue weighted by atomic mass is 19.1. The highest BCUT2D eigenvalue weighted by Gasteiger charge is 2.29. The van der Waals surface area contributed by atoms with Crippen LogP contribution >= 0.6 is 0 Å². The summed E-state index contributed by atoms with van der Waals surface area (Å²) in [6.07, 6.45) is 4.63. The summed E-state index contributed by atoms with van der Waals surface area (Å²) in [7, 11) is 3.96. The van der Waals surface area contributed by atoms with Gasteiger partial charge in [0.15, 0.2) is 11.5 Å². The Morgan fingerprint density at radius 2 is 2.19 bits per heavy atom. The van der Waals surface area contributed by atoms with Crippen LogP contribution in [-0.4, -0.2) is 53.9 Å². The van der Waals surface area contributed by atoms with E-state index in [1.165, 1.54) is 0 Å². The molecule has 1 atom stereocenters. The molecule has 0 bridgehead atoms. The fraction of sp³-hybridized carbons (Fsp3) is 0.600. The van der Waals surface area contributed by atoms with Crippen LogP contribution in [0, 0.1) is 11.6 Å². The number of hydrogen-bond acceptors (Lipinski definition) is 3. The van der Waals surface area contributed by atoms with Crippen molar-refractivity contribution in [2.75, 3.05) is 27.2 Å². The minimum Gasteiger partial charge on any atom is -0.334 e. The number of carbonyl (C=O) groups excluding carboxylic acids is 1. The maximum atomic E-state index is 13.7. The largest absolute Gasteiger partial charge is 0.334 e. The first-order valence-corrected chi connectivity index (χ1v) is 7.26. The summed E-state index contributed by atoms with van der Waals surface area (Å²) in [4.78, 5) is 19.9. The average Bonchev–Trinajstić information content (AvgIpc) is 2.45. The summed E-state index contributed by atoms with van der Waals surface area (Å²) >= 11 is 0. The van der Waals surface area contributed by atoms with Crippen molar-refractivity contribution >= 4 is 5.91 Å². The third kappa shape index (κ3) is 3.97. The fourth-order valence-electron chi connectivity index (χ4n) is 2.68. The van der Waals surface area contributed by atoms with Gasteiger partial charge in [-0.3, -0.25) is 4.79 Å². The smallest absolute Gasteiger partial charge is 0.275 e. The molecule has 4 nitrogen and oxygen atoms in total. The normalized spacial score (nSPS) is 19.1. The second kappa shape index (κ2) is 6.93. The summed E-state index contributed by atoms with van der Waals surface area (Å²) in [6.45, 7) is 1.48. The van der Waals surface area contributed by atoms with E-state index in [0.29, 0.717) is 12.6 Å². The van der Waals surface area contributed by atoms with Gasteiger partial charge in [-0.1, -0.05) is 0 Å². The zero-order chi connectivity index (χ0) is 15.4. The van der Waals surface area contributed by atoms with E-state index >= 15 is 0 Å². The molecule has 116 valence electrons. The SMILES string of the molecule is CN(C)CCC1CCCCN1C(=O)c1ncc(F)cc1F. The highest BCUT2D eigenvalue weighted by molar-refractivity contribution is 5.92. The van der Waals surface area contributed by atoms with Crippen molar-refractivity contribution in [3.63, 3.8) is 0 Å². The standard InChI is InChI=1S/C15H21F2N3O/c1-19(2)8-6-12-5-3-4-7-20(12)15(21)14-13(17)9-11(16)10-18-14/h9-10,12H,3-8H2,1-2H3. The van der Waals surface area contributed by atoms with Crippen LogP contribution in [0.2, 0.25) is 0 Å². The molecule has 1 aromatic heterocycles. The van der Waals surface area contributed by atoms with Gasteiger partial charge in [0, 0.05) is 18.7 Å². The number of halogens is 2. The predicted molar refractivity (Wildman–Crippen MR) is 76.0 cm³/mol. The molecule has 6 heteroatoms. The molecule has 0 spiro atoms. The molecule has 0 saturated carbocycles. The maximum absolute atomic E-state index is 13.7. The average molecular weight is 297 g/mol. The zero-order valence-electron chi connectivity index (χ0n) is 12.5. The summed E-state index contributed by atoms with van der Waals surface area (Å²) in [6, 6.07) is 0.804. The minimum absolute atomic E-state index is 0.0971. The van der Waals surface area contributed by atoms with Crippen LogP contribution in [0.5, 0.6) is 0 Å².